The maximum atomic E-state index is 4.70. The number of piperidine rings is 1. The van der Waals surface area contributed by atoms with Crippen LogP contribution in [0.15, 0.2) is 36.5 Å². The number of nitrogens with one attached hydrogen (secondary N) is 1. The van der Waals surface area contributed by atoms with Gasteiger partial charge in [-0.15, -0.1) is 0 Å². The summed E-state index contributed by atoms with van der Waals surface area (Å²) in [6.45, 7) is 6.41. The highest BCUT2D eigenvalue weighted by molar-refractivity contribution is 5.61. The van der Waals surface area contributed by atoms with Gasteiger partial charge in [0, 0.05) is 56.8 Å². The lowest BCUT2D eigenvalue weighted by molar-refractivity contribution is 0.311. The zero-order valence-corrected chi connectivity index (χ0v) is 15.6. The first kappa shape index (κ1) is 17.1. The number of hydrogen-bond donors (Lipinski definition) is 1. The number of benzene rings is 1. The summed E-state index contributed by atoms with van der Waals surface area (Å²) in [5.74, 6) is 1.66. The third kappa shape index (κ3) is 4.07. The van der Waals surface area contributed by atoms with Gasteiger partial charge in [-0.1, -0.05) is 0 Å². The molecule has 3 heterocycles. The Balaban J connectivity index is 1.41. The van der Waals surface area contributed by atoms with E-state index in [9.17, 15) is 0 Å². The molecule has 0 bridgehead atoms. The van der Waals surface area contributed by atoms with Gasteiger partial charge >= 0.3 is 0 Å². The molecule has 4 rings (SSSR count). The summed E-state index contributed by atoms with van der Waals surface area (Å²) in [4.78, 5) is 16.2. The van der Waals surface area contributed by atoms with Crippen molar-refractivity contribution >= 4 is 23.1 Å². The van der Waals surface area contributed by atoms with Gasteiger partial charge < -0.3 is 20.0 Å². The Hall–Kier alpha value is -2.34. The van der Waals surface area contributed by atoms with Crippen molar-refractivity contribution in [1.82, 2.24) is 14.9 Å². The second-order valence-corrected chi connectivity index (χ2v) is 7.25. The van der Waals surface area contributed by atoms with Crippen molar-refractivity contribution in [2.45, 2.75) is 19.3 Å². The minimum Gasteiger partial charge on any atom is -0.372 e. The van der Waals surface area contributed by atoms with Gasteiger partial charge in [0.15, 0.2) is 0 Å². The highest BCUT2D eigenvalue weighted by atomic mass is 15.3. The maximum absolute atomic E-state index is 4.70. The van der Waals surface area contributed by atoms with E-state index in [1.54, 1.807) is 0 Å². The van der Waals surface area contributed by atoms with Gasteiger partial charge in [-0.05, 0) is 56.6 Å². The normalized spacial score (nSPS) is 18.8. The second kappa shape index (κ2) is 7.91. The molecule has 0 saturated carbocycles. The lowest BCUT2D eigenvalue weighted by Crippen LogP contribution is -2.45. The van der Waals surface area contributed by atoms with E-state index in [4.69, 9.17) is 4.98 Å². The number of aromatic nitrogens is 2. The smallest absolute Gasteiger partial charge is 0.227 e. The van der Waals surface area contributed by atoms with E-state index < -0.39 is 0 Å². The summed E-state index contributed by atoms with van der Waals surface area (Å²) < 4.78 is 0. The highest BCUT2D eigenvalue weighted by Gasteiger charge is 2.16. The molecule has 2 aliphatic heterocycles. The number of likely N-dealkylation sites (N-methyl/N-ethyl adjacent to an activating group) is 1. The van der Waals surface area contributed by atoms with E-state index in [0.717, 1.165) is 43.6 Å². The lowest BCUT2D eigenvalue weighted by atomic mass is 10.1. The molecule has 2 aliphatic rings. The molecule has 1 N–H and O–H groups in total. The molecule has 138 valence electrons. The Kier molecular flexibility index (Phi) is 5.20. The molecule has 0 unspecified atom stereocenters. The van der Waals surface area contributed by atoms with Crippen LogP contribution in [0.1, 0.15) is 19.3 Å². The van der Waals surface area contributed by atoms with Crippen LogP contribution < -0.4 is 15.1 Å². The molecule has 0 aliphatic carbocycles. The molecule has 1 aromatic carbocycles. The van der Waals surface area contributed by atoms with Gasteiger partial charge in [0.1, 0.15) is 5.82 Å². The van der Waals surface area contributed by atoms with Crippen LogP contribution >= 0.6 is 0 Å². The van der Waals surface area contributed by atoms with Gasteiger partial charge in [-0.25, -0.2) is 4.98 Å². The summed E-state index contributed by atoms with van der Waals surface area (Å²) >= 11 is 0. The maximum Gasteiger partial charge on any atom is 0.227 e. The average molecular weight is 352 g/mol. The van der Waals surface area contributed by atoms with Crippen LogP contribution in [0.3, 0.4) is 0 Å². The Morgan fingerprint density at radius 2 is 1.54 bits per heavy atom. The van der Waals surface area contributed by atoms with Gasteiger partial charge in [0.25, 0.3) is 0 Å². The van der Waals surface area contributed by atoms with Crippen LogP contribution in [0.5, 0.6) is 0 Å². The fraction of sp³-hybridized carbons (Fsp3) is 0.500. The van der Waals surface area contributed by atoms with Crippen molar-refractivity contribution < 1.29 is 0 Å². The summed E-state index contributed by atoms with van der Waals surface area (Å²) in [5, 5.41) is 3.42. The van der Waals surface area contributed by atoms with Crippen LogP contribution in [0.4, 0.5) is 23.1 Å². The molecule has 6 heteroatoms. The van der Waals surface area contributed by atoms with Crippen molar-refractivity contribution in [3.63, 3.8) is 0 Å². The monoisotopic (exact) mass is 352 g/mol. The molecule has 1 aromatic heterocycles. The largest absolute Gasteiger partial charge is 0.372 e. The molecule has 0 amide bonds. The van der Waals surface area contributed by atoms with E-state index in [0.29, 0.717) is 0 Å². The zero-order chi connectivity index (χ0) is 17.8. The van der Waals surface area contributed by atoms with Gasteiger partial charge in [-0.3, -0.25) is 0 Å². The summed E-state index contributed by atoms with van der Waals surface area (Å²) in [7, 11) is 2.16. The van der Waals surface area contributed by atoms with E-state index in [2.05, 4.69) is 56.3 Å². The Labute approximate surface area is 155 Å². The van der Waals surface area contributed by atoms with E-state index in [1.807, 2.05) is 12.3 Å². The van der Waals surface area contributed by atoms with Crippen molar-refractivity contribution in [2.75, 3.05) is 61.4 Å². The Bertz CT molecular complexity index is 702. The summed E-state index contributed by atoms with van der Waals surface area (Å²) in [5.41, 5.74) is 2.38. The van der Waals surface area contributed by atoms with Crippen molar-refractivity contribution in [3.05, 3.63) is 36.5 Å². The predicted molar refractivity (Wildman–Crippen MR) is 108 cm³/mol. The standard InChI is InChI=1S/C20H28N6/c1-24-13-15-26(16-14-24)20-21-10-9-19(23-20)22-17-5-7-18(8-6-17)25-11-3-2-4-12-25/h5-10H,2-4,11-16H2,1H3,(H,21,22,23). The van der Waals surface area contributed by atoms with Crippen LogP contribution in [-0.2, 0) is 0 Å². The number of piperazine rings is 1. The van der Waals surface area contributed by atoms with Crippen molar-refractivity contribution in [2.24, 2.45) is 0 Å². The first-order valence-corrected chi connectivity index (χ1v) is 9.66. The molecule has 6 nitrogen and oxygen atoms in total. The number of hydrogen-bond acceptors (Lipinski definition) is 6. The summed E-state index contributed by atoms with van der Waals surface area (Å²) in [6, 6.07) is 10.6. The summed E-state index contributed by atoms with van der Waals surface area (Å²) in [6.07, 6.45) is 5.80. The van der Waals surface area contributed by atoms with Gasteiger partial charge in [0.05, 0.1) is 0 Å². The topological polar surface area (TPSA) is 47.5 Å². The fourth-order valence-electron chi connectivity index (χ4n) is 3.63. The number of anilines is 4. The molecule has 2 saturated heterocycles. The molecule has 2 aromatic rings. The molecule has 0 atom stereocenters. The van der Waals surface area contributed by atoms with Gasteiger partial charge in [-0.2, -0.15) is 4.98 Å². The van der Waals surface area contributed by atoms with Crippen molar-refractivity contribution in [1.29, 1.82) is 0 Å². The minimum absolute atomic E-state index is 0.813. The minimum atomic E-state index is 0.813. The molecule has 0 spiro atoms. The number of nitrogens with zero attached hydrogens (tertiary/aromatic N) is 5. The highest BCUT2D eigenvalue weighted by Crippen LogP contribution is 2.23. The van der Waals surface area contributed by atoms with Crippen LogP contribution in [0, 0.1) is 0 Å². The molecule has 2 fully saturated rings. The third-order valence-electron chi connectivity index (χ3n) is 5.29. The average Bonchev–Trinajstić information content (AvgIpc) is 2.70. The van der Waals surface area contributed by atoms with E-state index >= 15 is 0 Å². The SMILES string of the molecule is CN1CCN(c2nccc(Nc3ccc(N4CCCCC4)cc3)n2)CC1. The molecular weight excluding hydrogens is 324 g/mol. The second-order valence-electron chi connectivity index (χ2n) is 7.25. The molecule has 0 radical (unpaired) electrons. The quantitative estimate of drug-likeness (QED) is 0.913. The fourth-order valence-corrected chi connectivity index (χ4v) is 3.63. The zero-order valence-electron chi connectivity index (χ0n) is 15.6. The first-order valence-electron chi connectivity index (χ1n) is 9.66. The van der Waals surface area contributed by atoms with E-state index in [1.165, 1.54) is 38.0 Å². The first-order chi connectivity index (χ1) is 12.8. The van der Waals surface area contributed by atoms with E-state index in [-0.39, 0.29) is 0 Å². The van der Waals surface area contributed by atoms with Gasteiger partial charge in [0.2, 0.25) is 5.95 Å². The van der Waals surface area contributed by atoms with Crippen LogP contribution in [0.25, 0.3) is 0 Å². The molecule has 26 heavy (non-hydrogen) atoms. The van der Waals surface area contributed by atoms with Crippen LogP contribution in [-0.4, -0.2) is 61.2 Å². The Morgan fingerprint density at radius 3 is 2.27 bits per heavy atom. The molecular formula is C20H28N6. The number of rotatable bonds is 4. The van der Waals surface area contributed by atoms with Crippen molar-refractivity contribution in [3.8, 4) is 0 Å². The lowest BCUT2D eigenvalue weighted by Gasteiger charge is -2.32. The third-order valence-corrected chi connectivity index (χ3v) is 5.29. The Morgan fingerprint density at radius 1 is 0.808 bits per heavy atom. The van der Waals surface area contributed by atoms with Crippen LogP contribution in [0.2, 0.25) is 0 Å². The predicted octanol–water partition coefficient (Wildman–Crippen LogP) is 2.96.